The van der Waals surface area contributed by atoms with Gasteiger partial charge in [-0.3, -0.25) is 14.4 Å². The summed E-state index contributed by atoms with van der Waals surface area (Å²) in [5, 5.41) is 32.8. The van der Waals surface area contributed by atoms with E-state index in [-0.39, 0.29) is 58.9 Å². The molecule has 0 aliphatic heterocycles. The molecular formula is C13H23N3O9. The monoisotopic (exact) mass is 365 g/mol. The summed E-state index contributed by atoms with van der Waals surface area (Å²) in [6.45, 7) is -0.742. The van der Waals surface area contributed by atoms with Crippen molar-refractivity contribution in [3.63, 3.8) is 0 Å². The van der Waals surface area contributed by atoms with Crippen LogP contribution < -0.4 is 5.84 Å². The van der Waals surface area contributed by atoms with E-state index in [4.69, 9.17) is 35.4 Å². The van der Waals surface area contributed by atoms with E-state index in [2.05, 4.69) is 10.3 Å². The Morgan fingerprint density at radius 1 is 0.760 bits per heavy atom. The molecule has 0 aliphatic carbocycles. The zero-order chi connectivity index (χ0) is 19.1. The lowest BCUT2D eigenvalue weighted by molar-refractivity contribution is -0.139. The number of aliphatic carboxylic acids is 3. The summed E-state index contributed by atoms with van der Waals surface area (Å²) in [6, 6.07) is 0. The third kappa shape index (κ3) is 12.7. The largest absolute Gasteiger partial charge is 0.481 e. The Morgan fingerprint density at radius 3 is 1.32 bits per heavy atom. The minimum Gasteiger partial charge on any atom is -0.481 e. The highest BCUT2D eigenvalue weighted by Gasteiger charge is 2.32. The fraction of sp³-hybridized carbons (Fsp3) is 0.769. The first kappa shape index (κ1) is 22.7. The molecule has 12 nitrogen and oxygen atoms in total. The molecule has 12 heteroatoms. The molecule has 0 aliphatic rings. The molecular weight excluding hydrogens is 342 g/mol. The van der Waals surface area contributed by atoms with E-state index in [1.807, 2.05) is 0 Å². The van der Waals surface area contributed by atoms with E-state index in [9.17, 15) is 14.4 Å². The molecule has 0 amide bonds. The maximum atomic E-state index is 10.5. The number of carboxylic acids is 3. The van der Waals surface area contributed by atoms with Crippen molar-refractivity contribution in [1.82, 2.24) is 0 Å². The molecule has 0 radical (unpaired) electrons. The summed E-state index contributed by atoms with van der Waals surface area (Å²) in [6.07, 6.45) is -0.680. The van der Waals surface area contributed by atoms with Gasteiger partial charge >= 0.3 is 17.9 Å². The Morgan fingerprint density at radius 2 is 1.08 bits per heavy atom. The molecule has 5 N–H and O–H groups in total. The normalized spacial score (nSPS) is 11.7. The number of nitrogens with two attached hydrogens (primary N) is 1. The first-order valence-corrected chi connectivity index (χ1v) is 7.32. The van der Waals surface area contributed by atoms with Gasteiger partial charge in [-0.25, -0.2) is 0 Å². The van der Waals surface area contributed by atoms with Crippen molar-refractivity contribution in [2.45, 2.75) is 24.8 Å². The minimum absolute atomic E-state index is 0.0958. The van der Waals surface area contributed by atoms with E-state index in [1.54, 1.807) is 0 Å². The standard InChI is InChI=1S/C13H23N3O9/c14-16-15-13(7-23-4-1-10(17)18,8-24-5-2-11(19)20)9-25-6-3-12(21)22/h1-9H2,(H2,14,15)(H,17,18)(H,19,20)(H,21,22). The molecule has 0 heterocycles. The van der Waals surface area contributed by atoms with Gasteiger partial charge in [0.2, 0.25) is 0 Å². The van der Waals surface area contributed by atoms with Crippen LogP contribution in [-0.4, -0.2) is 78.4 Å². The van der Waals surface area contributed by atoms with Crippen LogP contribution in [0.1, 0.15) is 19.3 Å². The zero-order valence-corrected chi connectivity index (χ0v) is 13.6. The number of hydrogen-bond acceptors (Lipinski definition) is 8. The van der Waals surface area contributed by atoms with Crippen LogP contribution >= 0.6 is 0 Å². The lowest BCUT2D eigenvalue weighted by Crippen LogP contribution is -2.43. The number of nitrogens with zero attached hydrogens (tertiary/aromatic N) is 2. The summed E-state index contributed by atoms with van der Waals surface area (Å²) >= 11 is 0. The van der Waals surface area contributed by atoms with Crippen molar-refractivity contribution in [3.8, 4) is 0 Å². The lowest BCUT2D eigenvalue weighted by atomic mass is 10.1. The lowest BCUT2D eigenvalue weighted by Gasteiger charge is -2.27. The third-order valence-electron chi connectivity index (χ3n) is 2.76. The molecule has 0 saturated heterocycles. The smallest absolute Gasteiger partial charge is 0.305 e. The SMILES string of the molecule is NN=NC(COCCC(=O)O)(COCCC(=O)O)COCCC(=O)O. The van der Waals surface area contributed by atoms with Gasteiger partial charge in [-0.2, -0.15) is 5.11 Å². The van der Waals surface area contributed by atoms with Crippen molar-refractivity contribution in [3.05, 3.63) is 0 Å². The summed E-state index contributed by atoms with van der Waals surface area (Å²) in [5.41, 5.74) is -1.25. The van der Waals surface area contributed by atoms with E-state index in [1.165, 1.54) is 0 Å². The van der Waals surface area contributed by atoms with Crippen molar-refractivity contribution < 1.29 is 43.9 Å². The average molecular weight is 365 g/mol. The van der Waals surface area contributed by atoms with Crippen LogP contribution in [0, 0.1) is 0 Å². The van der Waals surface area contributed by atoms with Gasteiger partial charge in [-0.15, -0.1) is 0 Å². The summed E-state index contributed by atoms with van der Waals surface area (Å²) < 4.78 is 15.7. The summed E-state index contributed by atoms with van der Waals surface area (Å²) in [5.74, 6) is 1.96. The van der Waals surface area contributed by atoms with Gasteiger partial charge < -0.3 is 35.4 Å². The van der Waals surface area contributed by atoms with Gasteiger partial charge in [0, 0.05) is 0 Å². The Hall–Kier alpha value is -2.31. The first-order chi connectivity index (χ1) is 11.8. The Labute approximate surface area is 143 Å². The van der Waals surface area contributed by atoms with Gasteiger partial charge in [0.15, 0.2) is 5.54 Å². The molecule has 0 aromatic heterocycles. The van der Waals surface area contributed by atoms with Crippen molar-refractivity contribution in [1.29, 1.82) is 0 Å². The maximum Gasteiger partial charge on any atom is 0.305 e. The molecule has 0 bridgehead atoms. The molecule has 0 fully saturated rings. The molecule has 0 saturated carbocycles. The first-order valence-electron chi connectivity index (χ1n) is 7.32. The van der Waals surface area contributed by atoms with Gasteiger partial charge in [0.1, 0.15) is 0 Å². The third-order valence-corrected chi connectivity index (χ3v) is 2.76. The molecule has 0 aromatic rings. The second kappa shape index (κ2) is 13.0. The second-order valence-electron chi connectivity index (χ2n) is 5.03. The van der Waals surface area contributed by atoms with E-state index < -0.39 is 23.4 Å². The summed E-state index contributed by atoms with van der Waals surface area (Å²) in [4.78, 5) is 31.5. The van der Waals surface area contributed by atoms with Gasteiger partial charge in [0.25, 0.3) is 0 Å². The highest BCUT2D eigenvalue weighted by atomic mass is 16.5. The highest BCUT2D eigenvalue weighted by Crippen LogP contribution is 2.15. The van der Waals surface area contributed by atoms with E-state index >= 15 is 0 Å². The quantitative estimate of drug-likeness (QED) is 0.120. The number of carbonyl (C=O) groups is 3. The average Bonchev–Trinajstić information content (AvgIpc) is 2.52. The summed E-state index contributed by atoms with van der Waals surface area (Å²) in [7, 11) is 0. The van der Waals surface area contributed by atoms with Crippen LogP contribution in [-0.2, 0) is 28.6 Å². The molecule has 0 unspecified atom stereocenters. The number of carboxylic acid groups (broad SMARTS) is 3. The predicted octanol–water partition coefficient (Wildman–Crippen LogP) is -0.475. The van der Waals surface area contributed by atoms with Gasteiger partial charge in [0.05, 0.1) is 58.9 Å². The molecule has 0 rings (SSSR count). The molecule has 0 spiro atoms. The van der Waals surface area contributed by atoms with Crippen LogP contribution in [0.2, 0.25) is 0 Å². The Bertz CT molecular complexity index is 401. The molecule has 25 heavy (non-hydrogen) atoms. The van der Waals surface area contributed by atoms with Crippen LogP contribution in [0.4, 0.5) is 0 Å². The van der Waals surface area contributed by atoms with Crippen molar-refractivity contribution in [2.24, 2.45) is 16.2 Å². The van der Waals surface area contributed by atoms with E-state index in [0.717, 1.165) is 0 Å². The topological polar surface area (TPSA) is 190 Å². The van der Waals surface area contributed by atoms with Crippen LogP contribution in [0.5, 0.6) is 0 Å². The number of hydrogen-bond donors (Lipinski definition) is 4. The molecule has 0 aromatic carbocycles. The highest BCUT2D eigenvalue weighted by molar-refractivity contribution is 5.67. The van der Waals surface area contributed by atoms with Crippen molar-refractivity contribution >= 4 is 17.9 Å². The predicted molar refractivity (Wildman–Crippen MR) is 81.0 cm³/mol. The molecule has 0 atom stereocenters. The fourth-order valence-electron chi connectivity index (χ4n) is 1.60. The van der Waals surface area contributed by atoms with Crippen LogP contribution in [0.25, 0.3) is 0 Å². The minimum atomic E-state index is -1.25. The molecule has 144 valence electrons. The van der Waals surface area contributed by atoms with E-state index in [0.29, 0.717) is 0 Å². The maximum absolute atomic E-state index is 10.5. The Balaban J connectivity index is 4.69. The second-order valence-corrected chi connectivity index (χ2v) is 5.03. The number of rotatable bonds is 16. The van der Waals surface area contributed by atoms with Crippen LogP contribution in [0.3, 0.4) is 0 Å². The van der Waals surface area contributed by atoms with Crippen molar-refractivity contribution in [2.75, 3.05) is 39.6 Å². The fourth-order valence-corrected chi connectivity index (χ4v) is 1.60. The zero-order valence-electron chi connectivity index (χ0n) is 13.6. The van der Waals surface area contributed by atoms with Gasteiger partial charge in [-0.05, 0) is 0 Å². The van der Waals surface area contributed by atoms with Gasteiger partial charge in [-0.1, -0.05) is 5.22 Å². The Kier molecular flexibility index (Phi) is 11.8. The number of ether oxygens (including phenoxy) is 3. The van der Waals surface area contributed by atoms with Crippen LogP contribution in [0.15, 0.2) is 10.3 Å².